The lowest BCUT2D eigenvalue weighted by Gasteiger charge is -1.92. The first-order valence-electron chi connectivity index (χ1n) is 3.64. The molecule has 1 aromatic heterocycles. The van der Waals surface area contributed by atoms with Gasteiger partial charge in [-0.3, -0.25) is 9.59 Å². The number of nitrogens with two attached hydrogens (primary N) is 2. The Bertz CT molecular complexity index is 347. The van der Waals surface area contributed by atoms with E-state index in [2.05, 4.69) is 0 Å². The van der Waals surface area contributed by atoms with Crippen molar-refractivity contribution in [3.05, 3.63) is 20.9 Å². The smallest absolute Gasteiger partial charge is 0.259 e. The summed E-state index contributed by atoms with van der Waals surface area (Å²) >= 11 is 1.05. The molecule has 1 heterocycles. The average molecular weight is 198 g/mol. The second-order valence-electron chi connectivity index (χ2n) is 2.74. The summed E-state index contributed by atoms with van der Waals surface area (Å²) in [7, 11) is 0. The predicted molar refractivity (Wildman–Crippen MR) is 50.8 cm³/mol. The molecule has 13 heavy (non-hydrogen) atoms. The SMILES string of the molecule is Cc1c(C(N)=O)sc(C(N)=O)c1C. The van der Waals surface area contributed by atoms with E-state index in [9.17, 15) is 9.59 Å². The summed E-state index contributed by atoms with van der Waals surface area (Å²) in [5, 5.41) is 0. The van der Waals surface area contributed by atoms with Gasteiger partial charge in [0, 0.05) is 0 Å². The fourth-order valence-corrected chi connectivity index (χ4v) is 2.08. The number of primary amides is 2. The fourth-order valence-electron chi connectivity index (χ4n) is 1.07. The topological polar surface area (TPSA) is 86.2 Å². The van der Waals surface area contributed by atoms with Crippen molar-refractivity contribution < 1.29 is 9.59 Å². The van der Waals surface area contributed by atoms with Crippen LogP contribution in [0.1, 0.15) is 30.5 Å². The van der Waals surface area contributed by atoms with E-state index in [1.54, 1.807) is 13.8 Å². The number of carbonyl (C=O) groups is 2. The van der Waals surface area contributed by atoms with E-state index in [1.165, 1.54) is 0 Å². The summed E-state index contributed by atoms with van der Waals surface area (Å²) < 4.78 is 0. The summed E-state index contributed by atoms with van der Waals surface area (Å²) in [4.78, 5) is 22.6. The molecule has 0 aromatic carbocycles. The molecular weight excluding hydrogens is 188 g/mol. The second-order valence-corrected chi connectivity index (χ2v) is 3.76. The van der Waals surface area contributed by atoms with Crippen molar-refractivity contribution in [2.45, 2.75) is 13.8 Å². The van der Waals surface area contributed by atoms with Gasteiger partial charge in [0.05, 0.1) is 9.75 Å². The van der Waals surface area contributed by atoms with E-state index in [-0.39, 0.29) is 0 Å². The van der Waals surface area contributed by atoms with Crippen molar-refractivity contribution in [2.24, 2.45) is 11.5 Å². The zero-order valence-corrected chi connectivity index (χ0v) is 8.20. The number of amides is 2. The molecule has 0 radical (unpaired) electrons. The second kappa shape index (κ2) is 3.18. The van der Waals surface area contributed by atoms with E-state index >= 15 is 0 Å². The zero-order chi connectivity index (χ0) is 10.2. The van der Waals surface area contributed by atoms with Gasteiger partial charge in [-0.15, -0.1) is 11.3 Å². The molecule has 0 atom stereocenters. The van der Waals surface area contributed by atoms with Crippen molar-refractivity contribution in [1.29, 1.82) is 0 Å². The van der Waals surface area contributed by atoms with Crippen LogP contribution in [-0.4, -0.2) is 11.8 Å². The third-order valence-corrected chi connectivity index (χ3v) is 3.32. The maximum absolute atomic E-state index is 10.9. The molecule has 70 valence electrons. The molecule has 0 saturated heterocycles. The van der Waals surface area contributed by atoms with Crippen LogP contribution in [0.2, 0.25) is 0 Å². The normalized spacial score (nSPS) is 10.0. The lowest BCUT2D eigenvalue weighted by atomic mass is 10.1. The van der Waals surface area contributed by atoms with Crippen LogP contribution in [0, 0.1) is 13.8 Å². The van der Waals surface area contributed by atoms with Crippen molar-refractivity contribution in [3.63, 3.8) is 0 Å². The number of hydrogen-bond donors (Lipinski definition) is 2. The maximum Gasteiger partial charge on any atom is 0.259 e. The van der Waals surface area contributed by atoms with Crippen LogP contribution in [0.5, 0.6) is 0 Å². The third kappa shape index (κ3) is 1.55. The minimum absolute atomic E-state index is 0.409. The van der Waals surface area contributed by atoms with E-state index in [0.29, 0.717) is 9.75 Å². The molecule has 0 saturated carbocycles. The largest absolute Gasteiger partial charge is 0.365 e. The van der Waals surface area contributed by atoms with Gasteiger partial charge in [0.2, 0.25) is 0 Å². The minimum atomic E-state index is -0.516. The Kier molecular flexibility index (Phi) is 2.38. The first-order chi connectivity index (χ1) is 5.95. The van der Waals surface area contributed by atoms with Crippen molar-refractivity contribution in [3.8, 4) is 0 Å². The number of thiophene rings is 1. The summed E-state index contributed by atoms with van der Waals surface area (Å²) in [6, 6.07) is 0. The molecule has 0 unspecified atom stereocenters. The number of rotatable bonds is 2. The first kappa shape index (κ1) is 9.73. The highest BCUT2D eigenvalue weighted by atomic mass is 32.1. The number of hydrogen-bond acceptors (Lipinski definition) is 3. The molecule has 4 N–H and O–H groups in total. The standard InChI is InChI=1S/C8H10N2O2S/c1-3-4(2)6(8(10)12)13-5(3)7(9)11/h1-2H3,(H2,9,11)(H2,10,12). The highest BCUT2D eigenvalue weighted by molar-refractivity contribution is 7.16. The van der Waals surface area contributed by atoms with Crippen LogP contribution in [0.15, 0.2) is 0 Å². The van der Waals surface area contributed by atoms with Gasteiger partial charge in [-0.2, -0.15) is 0 Å². The van der Waals surface area contributed by atoms with Crippen molar-refractivity contribution in [2.75, 3.05) is 0 Å². The van der Waals surface area contributed by atoms with Crippen LogP contribution in [-0.2, 0) is 0 Å². The minimum Gasteiger partial charge on any atom is -0.365 e. The summed E-state index contributed by atoms with van der Waals surface area (Å²) in [5.74, 6) is -1.03. The van der Waals surface area contributed by atoms with Crippen LogP contribution in [0.3, 0.4) is 0 Å². The molecule has 1 rings (SSSR count). The Hall–Kier alpha value is -1.36. The fraction of sp³-hybridized carbons (Fsp3) is 0.250. The Morgan fingerprint density at radius 3 is 1.46 bits per heavy atom. The van der Waals surface area contributed by atoms with Crippen molar-refractivity contribution in [1.82, 2.24) is 0 Å². The van der Waals surface area contributed by atoms with E-state index in [0.717, 1.165) is 22.5 Å². The molecule has 0 aliphatic heterocycles. The van der Waals surface area contributed by atoms with Gasteiger partial charge in [0.25, 0.3) is 11.8 Å². The highest BCUT2D eigenvalue weighted by Gasteiger charge is 2.17. The predicted octanol–water partition coefficient (Wildman–Crippen LogP) is 0.563. The van der Waals surface area contributed by atoms with E-state index < -0.39 is 11.8 Å². The molecule has 0 spiro atoms. The molecule has 2 amide bonds. The molecule has 5 heteroatoms. The van der Waals surface area contributed by atoms with Crippen LogP contribution < -0.4 is 11.5 Å². The van der Waals surface area contributed by atoms with Crippen LogP contribution in [0.25, 0.3) is 0 Å². The molecule has 0 aliphatic rings. The molecular formula is C8H10N2O2S. The first-order valence-corrected chi connectivity index (χ1v) is 4.46. The molecule has 0 fully saturated rings. The summed E-state index contributed by atoms with van der Waals surface area (Å²) in [6.45, 7) is 3.50. The zero-order valence-electron chi connectivity index (χ0n) is 7.38. The van der Waals surface area contributed by atoms with Gasteiger partial charge < -0.3 is 11.5 Å². The van der Waals surface area contributed by atoms with Gasteiger partial charge in [0.15, 0.2) is 0 Å². The Balaban J connectivity index is 3.36. The third-order valence-electron chi connectivity index (χ3n) is 1.90. The molecule has 0 bridgehead atoms. The molecule has 4 nitrogen and oxygen atoms in total. The van der Waals surface area contributed by atoms with Gasteiger partial charge in [-0.05, 0) is 25.0 Å². The Morgan fingerprint density at radius 1 is 1.00 bits per heavy atom. The quantitative estimate of drug-likeness (QED) is 0.727. The van der Waals surface area contributed by atoms with Crippen LogP contribution >= 0.6 is 11.3 Å². The molecule has 1 aromatic rings. The lowest BCUT2D eigenvalue weighted by molar-refractivity contribution is 0.0996. The summed E-state index contributed by atoms with van der Waals surface area (Å²) in [5.41, 5.74) is 11.7. The van der Waals surface area contributed by atoms with E-state index in [4.69, 9.17) is 11.5 Å². The summed E-state index contributed by atoms with van der Waals surface area (Å²) in [6.07, 6.45) is 0. The van der Waals surface area contributed by atoms with Gasteiger partial charge in [-0.25, -0.2) is 0 Å². The van der Waals surface area contributed by atoms with Crippen molar-refractivity contribution >= 4 is 23.2 Å². The van der Waals surface area contributed by atoms with Crippen LogP contribution in [0.4, 0.5) is 0 Å². The highest BCUT2D eigenvalue weighted by Crippen LogP contribution is 2.26. The molecule has 0 aliphatic carbocycles. The average Bonchev–Trinajstić information content (AvgIpc) is 2.29. The monoisotopic (exact) mass is 198 g/mol. The lowest BCUT2D eigenvalue weighted by Crippen LogP contribution is -2.10. The Labute approximate surface area is 79.5 Å². The van der Waals surface area contributed by atoms with Gasteiger partial charge >= 0.3 is 0 Å². The van der Waals surface area contributed by atoms with Gasteiger partial charge in [0.1, 0.15) is 0 Å². The van der Waals surface area contributed by atoms with E-state index in [1.807, 2.05) is 0 Å². The van der Waals surface area contributed by atoms with Gasteiger partial charge in [-0.1, -0.05) is 0 Å². The Morgan fingerprint density at radius 2 is 1.31 bits per heavy atom. The number of carbonyl (C=O) groups excluding carboxylic acids is 2. The maximum atomic E-state index is 10.9.